The van der Waals surface area contributed by atoms with Crippen LogP contribution >= 0.6 is 0 Å². The van der Waals surface area contributed by atoms with Gasteiger partial charge in [0.25, 0.3) is 0 Å². The first-order valence-corrected chi connectivity index (χ1v) is 6.21. The van der Waals surface area contributed by atoms with Crippen LogP contribution < -0.4 is 5.32 Å². The van der Waals surface area contributed by atoms with Gasteiger partial charge >= 0.3 is 0 Å². The summed E-state index contributed by atoms with van der Waals surface area (Å²) in [5.41, 5.74) is 0. The van der Waals surface area contributed by atoms with Crippen LogP contribution in [-0.4, -0.2) is 49.3 Å². The van der Waals surface area contributed by atoms with Gasteiger partial charge in [-0.25, -0.2) is 0 Å². The van der Waals surface area contributed by atoms with Crippen molar-refractivity contribution in [3.63, 3.8) is 0 Å². The second kappa shape index (κ2) is 4.81. The van der Waals surface area contributed by atoms with E-state index in [1.165, 1.54) is 25.7 Å². The minimum Gasteiger partial charge on any atom is -0.390 e. The van der Waals surface area contributed by atoms with Gasteiger partial charge in [-0.2, -0.15) is 0 Å². The third-order valence-corrected chi connectivity index (χ3v) is 3.93. The number of aliphatic hydroxyl groups excluding tert-OH is 1. The van der Waals surface area contributed by atoms with Crippen molar-refractivity contribution >= 4 is 0 Å². The number of fused-ring (bicyclic) bond motifs is 2. The zero-order valence-corrected chi connectivity index (χ0v) is 9.95. The SMILES string of the molecule is CN(C)CC(O)CNC1CC2CCC1C2. The minimum absolute atomic E-state index is 0.223. The summed E-state index contributed by atoms with van der Waals surface area (Å²) in [6, 6.07) is 0.695. The molecule has 3 heteroatoms. The Kier molecular flexibility index (Phi) is 3.65. The zero-order chi connectivity index (χ0) is 10.8. The van der Waals surface area contributed by atoms with E-state index in [9.17, 15) is 5.11 Å². The highest BCUT2D eigenvalue weighted by molar-refractivity contribution is 4.94. The molecular weight excluding hydrogens is 188 g/mol. The summed E-state index contributed by atoms with van der Waals surface area (Å²) in [5.74, 6) is 1.89. The van der Waals surface area contributed by atoms with Gasteiger partial charge in [0, 0.05) is 19.1 Å². The third kappa shape index (κ3) is 2.92. The van der Waals surface area contributed by atoms with Crippen molar-refractivity contribution in [1.82, 2.24) is 10.2 Å². The van der Waals surface area contributed by atoms with E-state index >= 15 is 0 Å². The Balaban J connectivity index is 1.66. The lowest BCUT2D eigenvalue weighted by atomic mass is 9.95. The van der Waals surface area contributed by atoms with E-state index in [1.54, 1.807) is 0 Å². The van der Waals surface area contributed by atoms with Crippen LogP contribution in [0.3, 0.4) is 0 Å². The molecule has 2 aliphatic carbocycles. The van der Waals surface area contributed by atoms with Crippen molar-refractivity contribution < 1.29 is 5.11 Å². The van der Waals surface area contributed by atoms with Crippen molar-refractivity contribution in [2.75, 3.05) is 27.2 Å². The molecule has 15 heavy (non-hydrogen) atoms. The van der Waals surface area contributed by atoms with E-state index in [2.05, 4.69) is 5.32 Å². The molecule has 0 saturated heterocycles. The van der Waals surface area contributed by atoms with Crippen LogP contribution in [0.2, 0.25) is 0 Å². The predicted octanol–water partition coefficient (Wildman–Crippen LogP) is 0.687. The van der Waals surface area contributed by atoms with Gasteiger partial charge in [0.05, 0.1) is 6.10 Å². The Morgan fingerprint density at radius 1 is 1.33 bits per heavy atom. The quantitative estimate of drug-likeness (QED) is 0.704. The molecule has 2 rings (SSSR count). The second-order valence-electron chi connectivity index (χ2n) is 5.61. The molecule has 2 bridgehead atoms. The summed E-state index contributed by atoms with van der Waals surface area (Å²) in [6.07, 6.45) is 5.41. The van der Waals surface area contributed by atoms with Crippen LogP contribution in [-0.2, 0) is 0 Å². The van der Waals surface area contributed by atoms with Gasteiger partial charge in [-0.15, -0.1) is 0 Å². The molecule has 2 aliphatic rings. The smallest absolute Gasteiger partial charge is 0.0791 e. The Morgan fingerprint density at radius 2 is 2.13 bits per heavy atom. The van der Waals surface area contributed by atoms with E-state index in [0.717, 1.165) is 24.9 Å². The van der Waals surface area contributed by atoms with Gasteiger partial charge in [0.15, 0.2) is 0 Å². The summed E-state index contributed by atoms with van der Waals surface area (Å²) in [4.78, 5) is 2.03. The second-order valence-corrected chi connectivity index (χ2v) is 5.61. The number of aliphatic hydroxyl groups is 1. The molecule has 2 N–H and O–H groups in total. The minimum atomic E-state index is -0.223. The summed E-state index contributed by atoms with van der Waals surface area (Å²) < 4.78 is 0. The van der Waals surface area contributed by atoms with Crippen LogP contribution in [0.25, 0.3) is 0 Å². The lowest BCUT2D eigenvalue weighted by molar-refractivity contribution is 0.128. The monoisotopic (exact) mass is 212 g/mol. The van der Waals surface area contributed by atoms with Crippen LogP contribution in [0.4, 0.5) is 0 Å². The Bertz CT molecular complexity index is 208. The molecule has 4 atom stereocenters. The molecule has 0 spiro atoms. The number of nitrogens with zero attached hydrogens (tertiary/aromatic N) is 1. The highest BCUT2D eigenvalue weighted by Gasteiger charge is 2.39. The summed E-state index contributed by atoms with van der Waals surface area (Å²) in [7, 11) is 4.00. The molecule has 3 nitrogen and oxygen atoms in total. The number of nitrogens with one attached hydrogen (secondary N) is 1. The molecule has 2 fully saturated rings. The largest absolute Gasteiger partial charge is 0.390 e. The maximum atomic E-state index is 9.75. The molecule has 4 unspecified atom stereocenters. The molecule has 0 aromatic heterocycles. The fourth-order valence-electron chi connectivity index (χ4n) is 3.27. The predicted molar refractivity (Wildman–Crippen MR) is 61.8 cm³/mol. The molecule has 0 heterocycles. The van der Waals surface area contributed by atoms with Crippen molar-refractivity contribution in [2.45, 2.75) is 37.8 Å². The van der Waals surface area contributed by atoms with Crippen molar-refractivity contribution in [3.8, 4) is 0 Å². The molecule has 88 valence electrons. The Morgan fingerprint density at radius 3 is 2.67 bits per heavy atom. The first-order valence-electron chi connectivity index (χ1n) is 6.21. The van der Waals surface area contributed by atoms with Gasteiger partial charge < -0.3 is 15.3 Å². The highest BCUT2D eigenvalue weighted by Crippen LogP contribution is 2.44. The fraction of sp³-hybridized carbons (Fsp3) is 1.00. The maximum Gasteiger partial charge on any atom is 0.0791 e. The number of rotatable bonds is 5. The van der Waals surface area contributed by atoms with Gasteiger partial charge in [-0.3, -0.25) is 0 Å². The lowest BCUT2D eigenvalue weighted by Crippen LogP contribution is -2.41. The fourth-order valence-corrected chi connectivity index (χ4v) is 3.27. The Labute approximate surface area is 92.8 Å². The van der Waals surface area contributed by atoms with Crippen LogP contribution in [0.1, 0.15) is 25.7 Å². The molecule has 2 saturated carbocycles. The maximum absolute atomic E-state index is 9.75. The summed E-state index contributed by atoms with van der Waals surface area (Å²) in [6.45, 7) is 1.51. The topological polar surface area (TPSA) is 35.5 Å². The van der Waals surface area contributed by atoms with E-state index in [0.29, 0.717) is 6.04 Å². The average Bonchev–Trinajstić information content (AvgIpc) is 2.74. The first kappa shape index (κ1) is 11.4. The van der Waals surface area contributed by atoms with Gasteiger partial charge in [-0.05, 0) is 45.2 Å². The number of hydrogen-bond donors (Lipinski definition) is 2. The molecule has 0 radical (unpaired) electrons. The van der Waals surface area contributed by atoms with Crippen molar-refractivity contribution in [2.24, 2.45) is 11.8 Å². The molecule has 0 aromatic carbocycles. The van der Waals surface area contributed by atoms with Crippen molar-refractivity contribution in [1.29, 1.82) is 0 Å². The van der Waals surface area contributed by atoms with Crippen LogP contribution in [0, 0.1) is 11.8 Å². The van der Waals surface area contributed by atoms with Gasteiger partial charge in [0.1, 0.15) is 0 Å². The molecule has 0 amide bonds. The van der Waals surface area contributed by atoms with Crippen molar-refractivity contribution in [3.05, 3.63) is 0 Å². The molecule has 0 aromatic rings. The van der Waals surface area contributed by atoms with Gasteiger partial charge in [0.2, 0.25) is 0 Å². The summed E-state index contributed by atoms with van der Waals surface area (Å²) in [5, 5.41) is 13.3. The standard InChI is InChI=1S/C12H24N2O/c1-14(2)8-11(15)7-13-12-6-9-3-4-10(12)5-9/h9-13,15H,3-8H2,1-2H3. The number of hydrogen-bond acceptors (Lipinski definition) is 3. The Hall–Kier alpha value is -0.120. The van der Waals surface area contributed by atoms with E-state index < -0.39 is 0 Å². The third-order valence-electron chi connectivity index (χ3n) is 3.93. The van der Waals surface area contributed by atoms with E-state index in [1.807, 2.05) is 19.0 Å². The first-order chi connectivity index (χ1) is 7.15. The van der Waals surface area contributed by atoms with Crippen LogP contribution in [0.5, 0.6) is 0 Å². The van der Waals surface area contributed by atoms with Crippen LogP contribution in [0.15, 0.2) is 0 Å². The molecule has 0 aliphatic heterocycles. The average molecular weight is 212 g/mol. The normalized spacial score (nSPS) is 36.4. The summed E-state index contributed by atoms with van der Waals surface area (Å²) >= 11 is 0. The molecular formula is C12H24N2O. The highest BCUT2D eigenvalue weighted by atomic mass is 16.3. The number of likely N-dealkylation sites (N-methyl/N-ethyl adjacent to an activating group) is 1. The van der Waals surface area contributed by atoms with Gasteiger partial charge in [-0.1, -0.05) is 6.42 Å². The van der Waals surface area contributed by atoms with E-state index in [4.69, 9.17) is 0 Å². The lowest BCUT2D eigenvalue weighted by Gasteiger charge is -2.25. The van der Waals surface area contributed by atoms with E-state index in [-0.39, 0.29) is 6.10 Å². The zero-order valence-electron chi connectivity index (χ0n) is 9.95.